The molecule has 168 valence electrons. The highest BCUT2D eigenvalue weighted by atomic mass is 16.5. The molecule has 2 aliphatic rings. The number of hydrogen-bond acceptors (Lipinski definition) is 5. The number of pyridine rings is 1. The van der Waals surface area contributed by atoms with E-state index in [0.717, 1.165) is 69.2 Å². The van der Waals surface area contributed by atoms with Gasteiger partial charge >= 0.3 is 0 Å². The molecule has 4 heterocycles. The van der Waals surface area contributed by atoms with Crippen LogP contribution in [0.15, 0.2) is 48.8 Å². The minimum atomic E-state index is 0.251. The van der Waals surface area contributed by atoms with Crippen LogP contribution < -0.4 is 9.64 Å². The van der Waals surface area contributed by atoms with Crippen LogP contribution in [0, 0.1) is 0 Å². The molecule has 32 heavy (non-hydrogen) atoms. The van der Waals surface area contributed by atoms with E-state index in [2.05, 4.69) is 38.1 Å². The Bertz CT molecular complexity index is 1050. The fraction of sp³-hybridized carbons (Fsp3) is 0.440. The number of fused-ring (bicyclic) bond motifs is 1. The fourth-order valence-electron chi connectivity index (χ4n) is 5.01. The lowest BCUT2D eigenvalue weighted by atomic mass is 9.89. The third-order valence-electron chi connectivity index (χ3n) is 6.91. The number of nitrogens with zero attached hydrogens (tertiary/aromatic N) is 4. The summed E-state index contributed by atoms with van der Waals surface area (Å²) < 4.78 is 5.41. The SMILES string of the molecule is COc1ccc2[nH]cc(C3CCN(CC(=O)N4CCN(c5ccccn5)CC4)CC3)c2c1. The van der Waals surface area contributed by atoms with Gasteiger partial charge in [0.2, 0.25) is 5.91 Å². The summed E-state index contributed by atoms with van der Waals surface area (Å²) in [6.07, 6.45) is 6.12. The topological polar surface area (TPSA) is 64.7 Å². The molecular formula is C25H31N5O2. The van der Waals surface area contributed by atoms with Crippen LogP contribution in [0.2, 0.25) is 0 Å². The molecule has 0 aliphatic carbocycles. The zero-order chi connectivity index (χ0) is 21.9. The van der Waals surface area contributed by atoms with Crippen molar-refractivity contribution in [2.45, 2.75) is 18.8 Å². The van der Waals surface area contributed by atoms with Gasteiger partial charge in [0, 0.05) is 49.5 Å². The van der Waals surface area contributed by atoms with Crippen LogP contribution in [0.5, 0.6) is 5.75 Å². The molecule has 0 bridgehead atoms. The van der Waals surface area contributed by atoms with E-state index in [1.807, 2.05) is 35.4 Å². The molecule has 1 amide bonds. The maximum Gasteiger partial charge on any atom is 0.236 e. The van der Waals surface area contributed by atoms with E-state index in [-0.39, 0.29) is 5.91 Å². The lowest BCUT2D eigenvalue weighted by molar-refractivity contribution is -0.133. The predicted molar refractivity (Wildman–Crippen MR) is 126 cm³/mol. The molecule has 1 aromatic carbocycles. The second-order valence-corrected chi connectivity index (χ2v) is 8.76. The predicted octanol–water partition coefficient (Wildman–Crippen LogP) is 3.10. The van der Waals surface area contributed by atoms with E-state index in [9.17, 15) is 4.79 Å². The quantitative estimate of drug-likeness (QED) is 0.670. The number of anilines is 1. The van der Waals surface area contributed by atoms with Gasteiger partial charge in [0.25, 0.3) is 0 Å². The highest BCUT2D eigenvalue weighted by Gasteiger charge is 2.27. The number of aromatic amines is 1. The number of piperidine rings is 1. The van der Waals surface area contributed by atoms with Crippen molar-refractivity contribution in [3.05, 3.63) is 54.4 Å². The molecule has 5 rings (SSSR count). The Kier molecular flexibility index (Phi) is 5.99. The molecule has 0 unspecified atom stereocenters. The summed E-state index contributed by atoms with van der Waals surface area (Å²) in [6, 6.07) is 12.2. The van der Waals surface area contributed by atoms with Gasteiger partial charge in [-0.05, 0) is 67.7 Å². The first-order valence-electron chi connectivity index (χ1n) is 11.5. The van der Waals surface area contributed by atoms with Gasteiger partial charge in [-0.15, -0.1) is 0 Å². The van der Waals surface area contributed by atoms with Gasteiger partial charge in [-0.1, -0.05) is 6.07 Å². The molecule has 2 aromatic heterocycles. The van der Waals surface area contributed by atoms with Gasteiger partial charge < -0.3 is 19.5 Å². The first kappa shape index (κ1) is 20.8. The maximum absolute atomic E-state index is 12.9. The summed E-state index contributed by atoms with van der Waals surface area (Å²) in [6.45, 7) is 5.66. The molecule has 2 saturated heterocycles. The van der Waals surface area contributed by atoms with Crippen LogP contribution >= 0.6 is 0 Å². The second-order valence-electron chi connectivity index (χ2n) is 8.76. The van der Waals surface area contributed by atoms with Crippen molar-refractivity contribution in [1.82, 2.24) is 19.8 Å². The van der Waals surface area contributed by atoms with Crippen LogP contribution in [-0.2, 0) is 4.79 Å². The molecular weight excluding hydrogens is 402 g/mol. The molecule has 1 N–H and O–H groups in total. The average Bonchev–Trinajstić information content (AvgIpc) is 3.28. The van der Waals surface area contributed by atoms with E-state index in [1.54, 1.807) is 7.11 Å². The maximum atomic E-state index is 12.9. The highest BCUT2D eigenvalue weighted by molar-refractivity contribution is 5.85. The first-order valence-corrected chi connectivity index (χ1v) is 11.5. The number of ether oxygens (including phenoxy) is 1. The fourth-order valence-corrected chi connectivity index (χ4v) is 5.01. The van der Waals surface area contributed by atoms with Gasteiger partial charge in [-0.3, -0.25) is 9.69 Å². The minimum Gasteiger partial charge on any atom is -0.497 e. The molecule has 2 aliphatic heterocycles. The summed E-state index contributed by atoms with van der Waals surface area (Å²) in [5.41, 5.74) is 2.53. The number of benzene rings is 1. The second kappa shape index (κ2) is 9.20. The third-order valence-corrected chi connectivity index (χ3v) is 6.91. The van der Waals surface area contributed by atoms with Gasteiger partial charge in [0.05, 0.1) is 13.7 Å². The number of nitrogens with one attached hydrogen (secondary N) is 1. The average molecular weight is 434 g/mol. The number of hydrogen-bond donors (Lipinski definition) is 1. The summed E-state index contributed by atoms with van der Waals surface area (Å²) in [5.74, 6) is 2.66. The molecule has 0 atom stereocenters. The zero-order valence-corrected chi connectivity index (χ0v) is 18.7. The number of methoxy groups -OCH3 is 1. The molecule has 7 nitrogen and oxygen atoms in total. The third kappa shape index (κ3) is 4.30. The van der Waals surface area contributed by atoms with Crippen molar-refractivity contribution in [3.8, 4) is 5.75 Å². The Labute approximate surface area is 189 Å². The summed E-state index contributed by atoms with van der Waals surface area (Å²) in [4.78, 5) is 27.3. The van der Waals surface area contributed by atoms with Gasteiger partial charge in [0.1, 0.15) is 11.6 Å². The normalized spacial score (nSPS) is 18.3. The van der Waals surface area contributed by atoms with Crippen LogP contribution in [0.4, 0.5) is 5.82 Å². The van der Waals surface area contributed by atoms with Crippen molar-refractivity contribution >= 4 is 22.6 Å². The molecule has 2 fully saturated rings. The monoisotopic (exact) mass is 433 g/mol. The highest BCUT2D eigenvalue weighted by Crippen LogP contribution is 2.34. The van der Waals surface area contributed by atoms with Gasteiger partial charge in [-0.2, -0.15) is 0 Å². The molecule has 0 radical (unpaired) electrons. The van der Waals surface area contributed by atoms with E-state index >= 15 is 0 Å². The van der Waals surface area contributed by atoms with E-state index in [4.69, 9.17) is 4.74 Å². The first-order chi connectivity index (χ1) is 15.7. The Morgan fingerprint density at radius 2 is 1.91 bits per heavy atom. The number of aromatic nitrogens is 2. The number of piperazine rings is 1. The summed E-state index contributed by atoms with van der Waals surface area (Å²) >= 11 is 0. The number of likely N-dealkylation sites (tertiary alicyclic amines) is 1. The van der Waals surface area contributed by atoms with Crippen LogP contribution in [0.3, 0.4) is 0 Å². The van der Waals surface area contributed by atoms with E-state index in [0.29, 0.717) is 12.5 Å². The number of rotatable bonds is 5. The number of carbonyl (C=O) groups is 1. The number of carbonyl (C=O) groups excluding carboxylic acids is 1. The van der Waals surface area contributed by atoms with Crippen molar-refractivity contribution in [2.24, 2.45) is 0 Å². The lowest BCUT2D eigenvalue weighted by Gasteiger charge is -2.37. The largest absolute Gasteiger partial charge is 0.497 e. The van der Waals surface area contributed by atoms with E-state index < -0.39 is 0 Å². The van der Waals surface area contributed by atoms with E-state index in [1.165, 1.54) is 10.9 Å². The minimum absolute atomic E-state index is 0.251. The molecule has 3 aromatic rings. The summed E-state index contributed by atoms with van der Waals surface area (Å²) in [5, 5.41) is 1.25. The van der Waals surface area contributed by atoms with Crippen LogP contribution in [-0.4, -0.2) is 78.6 Å². The molecule has 7 heteroatoms. The Morgan fingerprint density at radius 3 is 2.62 bits per heavy atom. The van der Waals surface area contributed by atoms with Gasteiger partial charge in [-0.25, -0.2) is 4.98 Å². The van der Waals surface area contributed by atoms with Crippen molar-refractivity contribution in [2.75, 3.05) is 57.8 Å². The molecule has 0 saturated carbocycles. The van der Waals surface area contributed by atoms with Crippen LogP contribution in [0.25, 0.3) is 10.9 Å². The summed E-state index contributed by atoms with van der Waals surface area (Å²) in [7, 11) is 1.71. The van der Waals surface area contributed by atoms with Crippen molar-refractivity contribution < 1.29 is 9.53 Å². The number of H-pyrrole nitrogens is 1. The van der Waals surface area contributed by atoms with Crippen LogP contribution in [0.1, 0.15) is 24.3 Å². The standard InChI is InChI=1S/C25H31N5O2/c1-32-20-5-6-23-21(16-20)22(17-27-23)19-7-10-28(11-8-19)18-25(31)30-14-12-29(13-15-30)24-4-2-3-9-26-24/h2-6,9,16-17,19,27H,7-8,10-15,18H2,1H3. The Morgan fingerprint density at radius 1 is 1.09 bits per heavy atom. The van der Waals surface area contributed by atoms with Gasteiger partial charge in [0.15, 0.2) is 0 Å². The zero-order valence-electron chi connectivity index (χ0n) is 18.7. The van der Waals surface area contributed by atoms with Crippen molar-refractivity contribution in [1.29, 1.82) is 0 Å². The lowest BCUT2D eigenvalue weighted by Crippen LogP contribution is -2.52. The number of amides is 1. The Hall–Kier alpha value is -3.06. The Balaban J connectivity index is 1.13. The van der Waals surface area contributed by atoms with Crippen molar-refractivity contribution in [3.63, 3.8) is 0 Å². The molecule has 0 spiro atoms. The smallest absolute Gasteiger partial charge is 0.236 e.